The average molecular weight is 643 g/mol. The van der Waals surface area contributed by atoms with Gasteiger partial charge in [-0.25, -0.2) is 0 Å². The van der Waals surface area contributed by atoms with Gasteiger partial charge in [0.05, 0.1) is 18.8 Å². The van der Waals surface area contributed by atoms with Crippen molar-refractivity contribution in [2.45, 2.75) is 18.4 Å². The zero-order valence-corrected chi connectivity index (χ0v) is 15.5. The summed E-state index contributed by atoms with van der Waals surface area (Å²) in [6.45, 7) is 0. The molecule has 0 aromatic carbocycles. The number of aliphatic hydroxyl groups is 1. The Bertz CT molecular complexity index is 247. The topological polar surface area (TPSA) is 135 Å². The molecule has 0 aromatic heterocycles. The average Bonchev–Trinajstić information content (AvgIpc) is 2.04. The fourth-order valence-corrected chi connectivity index (χ4v) is 0.707. The minimum atomic E-state index is -2.85. The van der Waals surface area contributed by atoms with Gasteiger partial charge in [-0.3, -0.25) is 9.59 Å². The molecule has 0 heterocycles. The molecule has 0 aromatic rings. The van der Waals surface area contributed by atoms with Gasteiger partial charge < -0.3 is 25.2 Å². The monoisotopic (exact) mass is 643 g/mol. The molecule has 0 aliphatic carbocycles. The fourth-order valence-electron chi connectivity index (χ4n) is 0.707. The van der Waals surface area contributed by atoms with E-state index in [-0.39, 0.29) is 51.9 Å². The van der Waals surface area contributed by atoms with Gasteiger partial charge in [-0.1, -0.05) is 0 Å². The van der Waals surface area contributed by atoms with Gasteiger partial charge in [0, 0.05) is 22.4 Å². The first-order valence-electron chi connectivity index (χ1n) is 3.27. The Morgan fingerprint density at radius 2 is 1.35 bits per heavy atom. The van der Waals surface area contributed by atoms with Crippen molar-refractivity contribution in [3.05, 3.63) is 0 Å². The molecule has 1 radical (unpaired) electrons. The maximum absolute atomic E-state index is 10.2. The van der Waals surface area contributed by atoms with Crippen LogP contribution >= 0.6 is 9.19 Å². The largest absolute Gasteiger partial charge is 1.00 e. The third kappa shape index (κ3) is 13.4. The molecule has 17 heavy (non-hydrogen) atoms. The van der Waals surface area contributed by atoms with Crippen molar-refractivity contribution in [2.75, 3.05) is 0 Å². The van der Waals surface area contributed by atoms with E-state index in [0.29, 0.717) is 0 Å². The number of hydrogen-bond acceptors (Lipinski definition) is 5. The van der Waals surface area contributed by atoms with Crippen molar-refractivity contribution in [1.82, 2.24) is 0 Å². The molecule has 0 bridgehead atoms. The summed E-state index contributed by atoms with van der Waals surface area (Å²) in [5.74, 6) is -5.35. The first kappa shape index (κ1) is 26.7. The molecule has 0 saturated heterocycles. The SMILES string of the molecule is O=C(O)CC(O)(CC(=O)O)C(=O)[O-].[Au].[Cl][Au].[Na+]. The summed E-state index contributed by atoms with van der Waals surface area (Å²) in [5, 5.41) is 35.5. The van der Waals surface area contributed by atoms with Crippen LogP contribution in [0.25, 0.3) is 0 Å². The molecule has 0 aliphatic rings. The summed E-state index contributed by atoms with van der Waals surface area (Å²) in [5.41, 5.74) is -2.85. The van der Waals surface area contributed by atoms with Crippen LogP contribution in [0.1, 0.15) is 12.8 Å². The van der Waals surface area contributed by atoms with Gasteiger partial charge in [0.15, 0.2) is 0 Å². The molecule has 0 fully saturated rings. The minimum Gasteiger partial charge on any atom is 1.00 e. The number of carboxylic acid groups (broad SMARTS) is 3. The van der Waals surface area contributed by atoms with E-state index in [9.17, 15) is 19.5 Å². The van der Waals surface area contributed by atoms with Crippen LogP contribution in [0.3, 0.4) is 0 Å². The normalized spacial score (nSPS) is 8.71. The maximum Gasteiger partial charge on any atom is 1.00 e. The second-order valence-electron chi connectivity index (χ2n) is 2.46. The van der Waals surface area contributed by atoms with E-state index in [2.05, 4.69) is 9.19 Å². The molecular formula is C6H7Au2ClNaO7. The van der Waals surface area contributed by atoms with Crippen molar-refractivity contribution in [3.63, 3.8) is 0 Å². The first-order chi connectivity index (χ1) is 6.78. The van der Waals surface area contributed by atoms with Crippen LogP contribution in [0.4, 0.5) is 0 Å². The number of aliphatic carboxylic acids is 3. The Morgan fingerprint density at radius 1 is 1.12 bits per heavy atom. The van der Waals surface area contributed by atoms with Gasteiger partial charge >= 0.3 is 70.7 Å². The number of carbonyl (C=O) groups is 3. The molecule has 103 valence electrons. The Kier molecular flexibility index (Phi) is 21.3. The summed E-state index contributed by atoms with van der Waals surface area (Å²) in [6, 6.07) is 0. The van der Waals surface area contributed by atoms with E-state index >= 15 is 0 Å². The Labute approximate surface area is 150 Å². The van der Waals surface area contributed by atoms with Gasteiger partial charge in [0.2, 0.25) is 0 Å². The van der Waals surface area contributed by atoms with E-state index in [1.807, 2.05) is 0 Å². The predicted molar refractivity (Wildman–Crippen MR) is 40.3 cm³/mol. The van der Waals surface area contributed by atoms with Gasteiger partial charge in [0.25, 0.3) is 0 Å². The van der Waals surface area contributed by atoms with Crippen LogP contribution in [0.15, 0.2) is 0 Å². The van der Waals surface area contributed by atoms with E-state index < -0.39 is 36.4 Å². The van der Waals surface area contributed by atoms with Crippen LogP contribution in [0, 0.1) is 0 Å². The van der Waals surface area contributed by atoms with Crippen molar-refractivity contribution < 1.29 is 107 Å². The molecule has 0 saturated carbocycles. The quantitative estimate of drug-likeness (QED) is 0.256. The molecule has 0 unspecified atom stereocenters. The summed E-state index contributed by atoms with van der Waals surface area (Å²) < 4.78 is 0. The molecule has 0 amide bonds. The summed E-state index contributed by atoms with van der Waals surface area (Å²) in [4.78, 5) is 30.3. The van der Waals surface area contributed by atoms with Gasteiger partial charge in [-0.05, 0) is 0 Å². The molecule has 0 aliphatic heterocycles. The van der Waals surface area contributed by atoms with Crippen molar-refractivity contribution >= 4 is 27.1 Å². The van der Waals surface area contributed by atoms with Gasteiger partial charge in [0.1, 0.15) is 5.60 Å². The maximum atomic E-state index is 10.2. The summed E-state index contributed by atoms with van der Waals surface area (Å²) >= 11 is 1.75. The third-order valence-electron chi connectivity index (χ3n) is 1.27. The Morgan fingerprint density at radius 3 is 1.47 bits per heavy atom. The minimum absolute atomic E-state index is 0. The van der Waals surface area contributed by atoms with Crippen LogP contribution < -0.4 is 34.7 Å². The number of hydrogen-bond donors (Lipinski definition) is 3. The zero-order chi connectivity index (χ0) is 12.6. The second kappa shape index (κ2) is 13.6. The van der Waals surface area contributed by atoms with E-state index in [0.717, 1.165) is 0 Å². The molecule has 0 rings (SSSR count). The number of carboxylic acids is 3. The molecule has 11 heteroatoms. The van der Waals surface area contributed by atoms with Crippen molar-refractivity contribution in [1.29, 1.82) is 0 Å². The number of halogens is 1. The Hall–Kier alpha value is 1.14. The van der Waals surface area contributed by atoms with Gasteiger partial charge in [-0.15, -0.1) is 0 Å². The molecule has 3 N–H and O–H groups in total. The van der Waals surface area contributed by atoms with Crippen LogP contribution in [0.2, 0.25) is 0 Å². The second-order valence-corrected chi connectivity index (χ2v) is 2.46. The number of carbonyl (C=O) groups excluding carboxylic acids is 1. The standard InChI is InChI=1S/C6H8O7.2Au.ClH.Na/c7-3(8)1-6(13,5(11)12)2-4(9)10;;;;/h13H,1-2H2,(H,7,8)(H,9,10)(H,11,12);;;1H;/q;;+1;;+1/p-2. The van der Waals surface area contributed by atoms with E-state index in [1.54, 1.807) is 20.0 Å². The predicted octanol–water partition coefficient (Wildman–Crippen LogP) is -4.89. The molecule has 7 nitrogen and oxygen atoms in total. The van der Waals surface area contributed by atoms with Crippen LogP contribution in [-0.4, -0.2) is 38.8 Å². The molecule has 0 atom stereocenters. The summed E-state index contributed by atoms with van der Waals surface area (Å²) in [6.07, 6.45) is -2.41. The zero-order valence-electron chi connectivity index (χ0n) is 8.37. The summed E-state index contributed by atoms with van der Waals surface area (Å²) in [7, 11) is 4.58. The fraction of sp³-hybridized carbons (Fsp3) is 0.500. The van der Waals surface area contributed by atoms with Crippen molar-refractivity contribution in [3.8, 4) is 0 Å². The Balaban J connectivity index is -0.000000199. The molecule has 0 spiro atoms. The van der Waals surface area contributed by atoms with Crippen molar-refractivity contribution in [2.24, 2.45) is 0 Å². The van der Waals surface area contributed by atoms with Gasteiger partial charge in [-0.2, -0.15) is 0 Å². The third-order valence-corrected chi connectivity index (χ3v) is 1.27. The smallest absolute Gasteiger partial charge is 1.00 e. The van der Waals surface area contributed by atoms with Crippen LogP contribution in [0.5, 0.6) is 0 Å². The first-order valence-corrected chi connectivity index (χ1v) is 5.95. The van der Waals surface area contributed by atoms with E-state index in [1.165, 1.54) is 0 Å². The van der Waals surface area contributed by atoms with E-state index in [4.69, 9.17) is 15.3 Å². The van der Waals surface area contributed by atoms with Crippen LogP contribution in [-0.2, 0) is 56.8 Å². The molecular weight excluding hydrogens is 636 g/mol. The number of rotatable bonds is 5.